The number of hydrogen-bond donors (Lipinski definition) is 2. The normalized spacial score (nSPS) is 10.9. The van der Waals surface area contributed by atoms with Gasteiger partial charge in [-0.15, -0.1) is 0 Å². The van der Waals surface area contributed by atoms with Crippen LogP contribution in [0.4, 0.5) is 5.69 Å². The Morgan fingerprint density at radius 3 is 2.90 bits per heavy atom. The van der Waals surface area contributed by atoms with Crippen LogP contribution in [-0.2, 0) is 11.3 Å². The fraction of sp³-hybridized carbons (Fsp3) is 0.375. The molecule has 21 heavy (non-hydrogen) atoms. The molecule has 2 rings (SSSR count). The van der Waals surface area contributed by atoms with Gasteiger partial charge in [0.1, 0.15) is 5.82 Å². The molecule has 0 radical (unpaired) electrons. The summed E-state index contributed by atoms with van der Waals surface area (Å²) in [4.78, 5) is 16.0. The number of carbonyl (C=O) groups excluding carboxylic acids is 1. The van der Waals surface area contributed by atoms with E-state index < -0.39 is 0 Å². The molecule has 1 aromatic carbocycles. The molecule has 0 saturated heterocycles. The molecule has 0 aliphatic carbocycles. The van der Waals surface area contributed by atoms with Crippen molar-refractivity contribution in [3.63, 3.8) is 0 Å². The van der Waals surface area contributed by atoms with E-state index in [1.807, 2.05) is 30.6 Å². The van der Waals surface area contributed by atoms with E-state index in [1.54, 1.807) is 7.05 Å². The molecular weight excluding hydrogens is 264 g/mol. The van der Waals surface area contributed by atoms with E-state index in [4.69, 9.17) is 0 Å². The zero-order chi connectivity index (χ0) is 15.2. The van der Waals surface area contributed by atoms with Gasteiger partial charge in [0.15, 0.2) is 0 Å². The zero-order valence-corrected chi connectivity index (χ0v) is 12.8. The smallest absolute Gasteiger partial charge is 0.238 e. The van der Waals surface area contributed by atoms with E-state index in [0.29, 0.717) is 12.5 Å². The quantitative estimate of drug-likeness (QED) is 0.856. The first-order chi connectivity index (χ1) is 10.1. The number of likely N-dealkylation sites (N-methyl/N-ethyl adjacent to an activating group) is 1. The van der Waals surface area contributed by atoms with E-state index in [0.717, 1.165) is 23.6 Å². The molecule has 0 aliphatic rings. The molecule has 1 heterocycles. The van der Waals surface area contributed by atoms with Crippen molar-refractivity contribution >= 4 is 11.6 Å². The maximum atomic E-state index is 11.6. The third kappa shape index (κ3) is 4.16. The van der Waals surface area contributed by atoms with Gasteiger partial charge in [-0.25, -0.2) is 4.98 Å². The highest BCUT2D eigenvalue weighted by Crippen LogP contribution is 2.16. The number of carbonyl (C=O) groups is 1. The first-order valence-electron chi connectivity index (χ1n) is 7.14. The molecule has 0 atom stereocenters. The van der Waals surface area contributed by atoms with Gasteiger partial charge in [0.2, 0.25) is 5.91 Å². The van der Waals surface area contributed by atoms with Crippen molar-refractivity contribution in [2.24, 2.45) is 0 Å². The fourth-order valence-corrected chi connectivity index (χ4v) is 2.26. The van der Waals surface area contributed by atoms with Gasteiger partial charge < -0.3 is 15.2 Å². The van der Waals surface area contributed by atoms with E-state index >= 15 is 0 Å². The molecule has 0 aliphatic heterocycles. The summed E-state index contributed by atoms with van der Waals surface area (Å²) < 4.78 is 2.14. The third-order valence-corrected chi connectivity index (χ3v) is 3.17. The number of amides is 1. The molecule has 1 amide bonds. The summed E-state index contributed by atoms with van der Waals surface area (Å²) in [7, 11) is 1.75. The Bertz CT molecular complexity index is 604. The predicted octanol–water partition coefficient (Wildman–Crippen LogP) is 2.21. The van der Waals surface area contributed by atoms with Gasteiger partial charge in [0.25, 0.3) is 0 Å². The molecule has 0 unspecified atom stereocenters. The molecule has 0 fully saturated rings. The molecule has 5 heteroatoms. The number of benzene rings is 1. The number of nitrogens with zero attached hydrogens (tertiary/aromatic N) is 2. The van der Waals surface area contributed by atoms with E-state index in [1.165, 1.54) is 0 Å². The van der Waals surface area contributed by atoms with Gasteiger partial charge >= 0.3 is 0 Å². The average Bonchev–Trinajstić information content (AvgIpc) is 2.87. The number of aromatic nitrogens is 2. The average molecular weight is 286 g/mol. The van der Waals surface area contributed by atoms with Crippen LogP contribution in [-0.4, -0.2) is 29.1 Å². The maximum Gasteiger partial charge on any atom is 0.238 e. The number of rotatable bonds is 6. The second-order valence-corrected chi connectivity index (χ2v) is 5.35. The summed E-state index contributed by atoms with van der Waals surface area (Å²) in [6.45, 7) is 5.33. The number of anilines is 1. The minimum Gasteiger partial charge on any atom is -0.330 e. The first-order valence-corrected chi connectivity index (χ1v) is 7.14. The first kappa shape index (κ1) is 15.3. The predicted molar refractivity (Wildman–Crippen MR) is 84.4 cm³/mol. The molecule has 1 aromatic heterocycles. The van der Waals surface area contributed by atoms with Crippen LogP contribution in [0.3, 0.4) is 0 Å². The van der Waals surface area contributed by atoms with Crippen LogP contribution in [0.2, 0.25) is 0 Å². The minimum absolute atomic E-state index is 0.0415. The lowest BCUT2D eigenvalue weighted by molar-refractivity contribution is -0.115. The van der Waals surface area contributed by atoms with E-state index in [2.05, 4.69) is 40.1 Å². The molecular formula is C16H22N4O. The standard InChI is InChI=1S/C16H22N4O/c1-12(2)16-18-7-8-20(16)11-13-5-4-6-14(9-13)19-15(21)10-17-3/h4-9,12,17H,10-11H2,1-3H3,(H,19,21). The fourth-order valence-electron chi connectivity index (χ4n) is 2.26. The van der Waals surface area contributed by atoms with Crippen molar-refractivity contribution < 1.29 is 4.79 Å². The highest BCUT2D eigenvalue weighted by atomic mass is 16.1. The van der Waals surface area contributed by atoms with Crippen LogP contribution in [0.25, 0.3) is 0 Å². The molecule has 2 N–H and O–H groups in total. The largest absolute Gasteiger partial charge is 0.330 e. The minimum atomic E-state index is -0.0415. The molecule has 2 aromatic rings. The monoisotopic (exact) mass is 286 g/mol. The summed E-state index contributed by atoms with van der Waals surface area (Å²) in [5.74, 6) is 1.42. The van der Waals surface area contributed by atoms with Crippen molar-refractivity contribution in [1.82, 2.24) is 14.9 Å². The maximum absolute atomic E-state index is 11.6. The van der Waals surface area contributed by atoms with Crippen LogP contribution in [0.1, 0.15) is 31.2 Å². The number of hydrogen-bond acceptors (Lipinski definition) is 3. The third-order valence-electron chi connectivity index (χ3n) is 3.17. The summed E-state index contributed by atoms with van der Waals surface area (Å²) in [6, 6.07) is 7.90. The van der Waals surface area contributed by atoms with E-state index in [-0.39, 0.29) is 5.91 Å². The Kier molecular flexibility index (Phi) is 5.11. The molecule has 5 nitrogen and oxygen atoms in total. The SMILES string of the molecule is CNCC(=O)Nc1cccc(Cn2ccnc2C(C)C)c1. The molecule has 0 saturated carbocycles. The van der Waals surface area contributed by atoms with Crippen LogP contribution in [0.15, 0.2) is 36.7 Å². The summed E-state index contributed by atoms with van der Waals surface area (Å²) in [5, 5.41) is 5.71. The lowest BCUT2D eigenvalue weighted by Gasteiger charge is -2.12. The van der Waals surface area contributed by atoms with Crippen LogP contribution in [0.5, 0.6) is 0 Å². The Morgan fingerprint density at radius 1 is 1.38 bits per heavy atom. The van der Waals surface area contributed by atoms with Crippen molar-refractivity contribution in [3.8, 4) is 0 Å². The highest BCUT2D eigenvalue weighted by Gasteiger charge is 2.08. The van der Waals surface area contributed by atoms with Gasteiger partial charge in [-0.05, 0) is 24.7 Å². The van der Waals surface area contributed by atoms with Gasteiger partial charge in [-0.1, -0.05) is 26.0 Å². The second kappa shape index (κ2) is 7.04. The second-order valence-electron chi connectivity index (χ2n) is 5.35. The summed E-state index contributed by atoms with van der Waals surface area (Å²) in [5.41, 5.74) is 1.95. The van der Waals surface area contributed by atoms with Gasteiger partial charge in [-0.3, -0.25) is 4.79 Å². The Balaban J connectivity index is 2.10. The molecule has 0 bridgehead atoms. The summed E-state index contributed by atoms with van der Waals surface area (Å²) >= 11 is 0. The Labute approximate surface area is 125 Å². The van der Waals surface area contributed by atoms with Gasteiger partial charge in [0, 0.05) is 30.5 Å². The van der Waals surface area contributed by atoms with Crippen LogP contribution in [0, 0.1) is 0 Å². The summed E-state index contributed by atoms with van der Waals surface area (Å²) in [6.07, 6.45) is 3.81. The van der Waals surface area contributed by atoms with Crippen LogP contribution >= 0.6 is 0 Å². The lowest BCUT2D eigenvalue weighted by Crippen LogP contribution is -2.25. The molecule has 112 valence electrons. The van der Waals surface area contributed by atoms with Gasteiger partial charge in [0.05, 0.1) is 6.54 Å². The Hall–Kier alpha value is -2.14. The van der Waals surface area contributed by atoms with Crippen molar-refractivity contribution in [2.45, 2.75) is 26.3 Å². The highest BCUT2D eigenvalue weighted by molar-refractivity contribution is 5.92. The van der Waals surface area contributed by atoms with Crippen molar-refractivity contribution in [3.05, 3.63) is 48.0 Å². The Morgan fingerprint density at radius 2 is 2.19 bits per heavy atom. The van der Waals surface area contributed by atoms with Gasteiger partial charge in [-0.2, -0.15) is 0 Å². The van der Waals surface area contributed by atoms with Crippen molar-refractivity contribution in [2.75, 3.05) is 18.9 Å². The van der Waals surface area contributed by atoms with Crippen molar-refractivity contribution in [1.29, 1.82) is 0 Å². The lowest BCUT2D eigenvalue weighted by atomic mass is 10.1. The zero-order valence-electron chi connectivity index (χ0n) is 12.8. The number of imidazole rings is 1. The number of nitrogens with one attached hydrogen (secondary N) is 2. The van der Waals surface area contributed by atoms with E-state index in [9.17, 15) is 4.79 Å². The topological polar surface area (TPSA) is 59.0 Å². The van der Waals surface area contributed by atoms with Crippen LogP contribution < -0.4 is 10.6 Å². The molecule has 0 spiro atoms.